The Balaban J connectivity index is 2.38. The third-order valence-corrected chi connectivity index (χ3v) is 2.97. The Labute approximate surface area is 108 Å². The Kier molecular flexibility index (Phi) is 5.10. The van der Waals surface area contributed by atoms with E-state index in [0.29, 0.717) is 10.4 Å². The lowest BCUT2D eigenvalue weighted by atomic mass is 9.92. The number of hydrogen-bond acceptors (Lipinski definition) is 1. The van der Waals surface area contributed by atoms with Crippen molar-refractivity contribution in [3.8, 4) is 0 Å². The van der Waals surface area contributed by atoms with Crippen LogP contribution in [0.4, 0.5) is 0 Å². The van der Waals surface area contributed by atoms with Gasteiger partial charge in [0.05, 0.1) is 0 Å². The molecule has 0 spiro atoms. The van der Waals surface area contributed by atoms with E-state index in [-0.39, 0.29) is 0 Å². The normalized spacial score (nSPS) is 11.8. The van der Waals surface area contributed by atoms with Crippen molar-refractivity contribution in [3.05, 3.63) is 33.8 Å². The number of halogens is 2. The Morgan fingerprint density at radius 3 is 2.44 bits per heavy atom. The summed E-state index contributed by atoms with van der Waals surface area (Å²) in [6.07, 6.45) is 1.15. The fourth-order valence-corrected chi connectivity index (χ4v) is 1.83. The summed E-state index contributed by atoms with van der Waals surface area (Å²) in [5.41, 5.74) is 1.47. The van der Waals surface area contributed by atoms with Gasteiger partial charge in [0.2, 0.25) is 0 Å². The van der Waals surface area contributed by atoms with Crippen LogP contribution in [-0.4, -0.2) is 6.54 Å². The lowest BCUT2D eigenvalue weighted by molar-refractivity contribution is 0.366. The van der Waals surface area contributed by atoms with Crippen LogP contribution in [-0.2, 0) is 6.54 Å². The largest absolute Gasteiger partial charge is 0.313 e. The van der Waals surface area contributed by atoms with Gasteiger partial charge in [-0.25, -0.2) is 0 Å². The van der Waals surface area contributed by atoms with Crippen LogP contribution in [0.25, 0.3) is 0 Å². The highest BCUT2D eigenvalue weighted by atomic mass is 35.5. The predicted molar refractivity (Wildman–Crippen MR) is 72.2 cm³/mol. The van der Waals surface area contributed by atoms with Crippen molar-refractivity contribution in [1.29, 1.82) is 0 Å². The van der Waals surface area contributed by atoms with Crippen molar-refractivity contribution in [3.63, 3.8) is 0 Å². The van der Waals surface area contributed by atoms with E-state index in [1.165, 1.54) is 0 Å². The van der Waals surface area contributed by atoms with Crippen LogP contribution in [0.15, 0.2) is 18.2 Å². The second kappa shape index (κ2) is 5.90. The Hall–Kier alpha value is -0.240. The zero-order chi connectivity index (χ0) is 12.2. The van der Waals surface area contributed by atoms with E-state index in [9.17, 15) is 0 Å². The number of nitrogens with one attached hydrogen (secondary N) is 1. The lowest BCUT2D eigenvalue weighted by Crippen LogP contribution is -2.20. The molecule has 0 aliphatic carbocycles. The quantitative estimate of drug-likeness (QED) is 0.785. The van der Waals surface area contributed by atoms with Gasteiger partial charge in [-0.3, -0.25) is 0 Å². The first-order valence-electron chi connectivity index (χ1n) is 5.53. The summed E-state index contributed by atoms with van der Waals surface area (Å²) in [5, 5.41) is 4.81. The maximum Gasteiger partial charge on any atom is 0.0465 e. The van der Waals surface area contributed by atoms with Crippen LogP contribution in [0.2, 0.25) is 10.0 Å². The highest BCUT2D eigenvalue weighted by Crippen LogP contribution is 2.21. The zero-order valence-corrected chi connectivity index (χ0v) is 11.6. The van der Waals surface area contributed by atoms with Gasteiger partial charge >= 0.3 is 0 Å². The highest BCUT2D eigenvalue weighted by molar-refractivity contribution is 6.35. The molecule has 90 valence electrons. The molecule has 1 aromatic carbocycles. The molecule has 0 aliphatic heterocycles. The van der Waals surface area contributed by atoms with Gasteiger partial charge < -0.3 is 5.32 Å². The lowest BCUT2D eigenvalue weighted by Gasteiger charge is -2.18. The topological polar surface area (TPSA) is 12.0 Å². The number of rotatable bonds is 4. The minimum Gasteiger partial charge on any atom is -0.313 e. The van der Waals surface area contributed by atoms with Crippen molar-refractivity contribution in [2.24, 2.45) is 5.41 Å². The molecule has 0 heterocycles. The minimum atomic E-state index is 0.372. The van der Waals surface area contributed by atoms with Crippen molar-refractivity contribution in [2.75, 3.05) is 6.54 Å². The molecule has 0 saturated carbocycles. The molecule has 0 radical (unpaired) electrons. The summed E-state index contributed by atoms with van der Waals surface area (Å²) in [6.45, 7) is 8.52. The molecular formula is C13H19Cl2N. The van der Waals surface area contributed by atoms with Crippen LogP contribution >= 0.6 is 23.2 Å². The van der Waals surface area contributed by atoms with Gasteiger partial charge in [0.15, 0.2) is 0 Å². The first-order valence-corrected chi connectivity index (χ1v) is 6.29. The maximum absolute atomic E-state index is 6.07. The third-order valence-electron chi connectivity index (χ3n) is 2.38. The highest BCUT2D eigenvalue weighted by Gasteiger charge is 2.09. The van der Waals surface area contributed by atoms with Gasteiger partial charge in [-0.2, -0.15) is 0 Å². The first kappa shape index (κ1) is 13.8. The fourth-order valence-electron chi connectivity index (χ4n) is 1.35. The maximum atomic E-state index is 6.07. The predicted octanol–water partition coefficient (Wildman–Crippen LogP) is 4.52. The molecule has 0 unspecified atom stereocenters. The Bertz CT molecular complexity index is 342. The smallest absolute Gasteiger partial charge is 0.0465 e. The Morgan fingerprint density at radius 2 is 1.88 bits per heavy atom. The summed E-state index contributed by atoms with van der Waals surface area (Å²) in [4.78, 5) is 0. The van der Waals surface area contributed by atoms with Crippen molar-refractivity contribution >= 4 is 23.2 Å². The molecule has 0 amide bonds. The van der Waals surface area contributed by atoms with Crippen molar-refractivity contribution in [1.82, 2.24) is 5.32 Å². The molecule has 0 aromatic heterocycles. The molecular weight excluding hydrogens is 241 g/mol. The summed E-state index contributed by atoms with van der Waals surface area (Å²) in [5.74, 6) is 0. The van der Waals surface area contributed by atoms with Gasteiger partial charge in [-0.15, -0.1) is 0 Å². The van der Waals surface area contributed by atoms with Crippen LogP contribution < -0.4 is 5.32 Å². The molecule has 0 atom stereocenters. The first-order chi connectivity index (χ1) is 7.38. The van der Waals surface area contributed by atoms with Gasteiger partial charge in [0, 0.05) is 16.6 Å². The summed E-state index contributed by atoms with van der Waals surface area (Å²) >= 11 is 11.9. The van der Waals surface area contributed by atoms with Crippen LogP contribution in [0.5, 0.6) is 0 Å². The van der Waals surface area contributed by atoms with E-state index in [2.05, 4.69) is 26.1 Å². The Morgan fingerprint density at radius 1 is 1.19 bits per heavy atom. The van der Waals surface area contributed by atoms with E-state index < -0.39 is 0 Å². The average Bonchev–Trinajstić information content (AvgIpc) is 2.13. The molecule has 0 fully saturated rings. The molecule has 1 rings (SSSR count). The van der Waals surface area contributed by atoms with E-state index in [1.54, 1.807) is 6.07 Å². The molecule has 1 N–H and O–H groups in total. The standard InChI is InChI=1S/C13H19Cl2N/c1-13(2,3)6-7-16-9-10-4-5-11(14)8-12(10)15/h4-5,8,16H,6-7,9H2,1-3H3. The van der Waals surface area contributed by atoms with Gasteiger partial charge in [0.1, 0.15) is 0 Å². The van der Waals surface area contributed by atoms with Gasteiger partial charge in [-0.05, 0) is 36.1 Å². The molecule has 1 aromatic rings. The fraction of sp³-hybridized carbons (Fsp3) is 0.538. The van der Waals surface area contributed by atoms with Crippen LogP contribution in [0, 0.1) is 5.41 Å². The average molecular weight is 260 g/mol. The minimum absolute atomic E-state index is 0.372. The van der Waals surface area contributed by atoms with E-state index in [4.69, 9.17) is 23.2 Å². The molecule has 0 bridgehead atoms. The van der Waals surface area contributed by atoms with Gasteiger partial charge in [-0.1, -0.05) is 50.0 Å². The third kappa shape index (κ3) is 5.20. The van der Waals surface area contributed by atoms with Crippen molar-refractivity contribution in [2.45, 2.75) is 33.7 Å². The molecule has 0 aliphatic rings. The SMILES string of the molecule is CC(C)(C)CCNCc1ccc(Cl)cc1Cl. The monoisotopic (exact) mass is 259 g/mol. The van der Waals surface area contributed by atoms with Crippen LogP contribution in [0.1, 0.15) is 32.8 Å². The summed E-state index contributed by atoms with van der Waals surface area (Å²) in [7, 11) is 0. The van der Waals surface area contributed by atoms with Crippen LogP contribution in [0.3, 0.4) is 0 Å². The van der Waals surface area contributed by atoms with Crippen molar-refractivity contribution < 1.29 is 0 Å². The van der Waals surface area contributed by atoms with E-state index >= 15 is 0 Å². The second-order valence-corrected chi connectivity index (χ2v) is 6.07. The van der Waals surface area contributed by atoms with E-state index in [0.717, 1.165) is 30.1 Å². The second-order valence-electron chi connectivity index (χ2n) is 5.22. The molecule has 16 heavy (non-hydrogen) atoms. The van der Waals surface area contributed by atoms with Gasteiger partial charge in [0.25, 0.3) is 0 Å². The zero-order valence-electron chi connectivity index (χ0n) is 10.1. The number of benzene rings is 1. The van der Waals surface area contributed by atoms with E-state index in [1.807, 2.05) is 12.1 Å². The molecule has 1 nitrogen and oxygen atoms in total. The molecule has 0 saturated heterocycles. The summed E-state index contributed by atoms with van der Waals surface area (Å²) < 4.78 is 0. The molecule has 3 heteroatoms. The summed E-state index contributed by atoms with van der Waals surface area (Å²) in [6, 6.07) is 5.62. The number of hydrogen-bond donors (Lipinski definition) is 1.